The Morgan fingerprint density at radius 3 is 2.53 bits per heavy atom. The van der Waals surface area contributed by atoms with Gasteiger partial charge in [0.15, 0.2) is 0 Å². The van der Waals surface area contributed by atoms with Crippen LogP contribution in [0.25, 0.3) is 0 Å². The number of pyridine rings is 1. The Morgan fingerprint density at radius 1 is 1.37 bits per heavy atom. The van der Waals surface area contributed by atoms with Crippen molar-refractivity contribution in [3.8, 4) is 0 Å². The van der Waals surface area contributed by atoms with Crippen molar-refractivity contribution in [3.63, 3.8) is 0 Å². The van der Waals surface area contributed by atoms with Crippen LogP contribution in [0.15, 0.2) is 18.3 Å². The summed E-state index contributed by atoms with van der Waals surface area (Å²) < 4.78 is 12.9. The number of nitrogens with one attached hydrogen (secondary N) is 1. The number of hydrogen-bond acceptors (Lipinski definition) is 3. The Bertz CT molecular complexity index is 376. The van der Waals surface area contributed by atoms with Crippen LogP contribution >= 0.6 is 0 Å². The van der Waals surface area contributed by atoms with E-state index in [2.05, 4.69) is 38.0 Å². The van der Waals surface area contributed by atoms with Crippen molar-refractivity contribution in [1.29, 1.82) is 0 Å². The average molecular weight is 268 g/mol. The number of halogens is 1. The fourth-order valence-corrected chi connectivity index (χ4v) is 2.03. The van der Waals surface area contributed by atoms with Crippen molar-refractivity contribution in [2.24, 2.45) is 11.3 Å². The third kappa shape index (κ3) is 5.25. The van der Waals surface area contributed by atoms with Gasteiger partial charge in [0.05, 0.1) is 17.9 Å². The maximum Gasteiger partial charge on any atom is 0.141 e. The summed E-state index contributed by atoms with van der Waals surface area (Å²) in [5, 5.41) is 12.5. The lowest BCUT2D eigenvalue weighted by molar-refractivity contribution is 0.198. The number of aliphatic hydroxyl groups excluding tert-OH is 1. The fraction of sp³-hybridized carbons (Fsp3) is 0.667. The minimum atomic E-state index is -0.313. The van der Waals surface area contributed by atoms with Crippen molar-refractivity contribution >= 4 is 0 Å². The molecule has 0 aliphatic heterocycles. The van der Waals surface area contributed by atoms with Crippen molar-refractivity contribution in [2.45, 2.75) is 40.2 Å². The number of rotatable bonds is 7. The molecule has 1 heterocycles. The van der Waals surface area contributed by atoms with Crippen LogP contribution in [0.2, 0.25) is 0 Å². The molecule has 0 amide bonds. The van der Waals surface area contributed by atoms with Crippen LogP contribution in [0.5, 0.6) is 0 Å². The average Bonchev–Trinajstić information content (AvgIpc) is 2.31. The largest absolute Gasteiger partial charge is 0.396 e. The summed E-state index contributed by atoms with van der Waals surface area (Å²) in [7, 11) is 0. The van der Waals surface area contributed by atoms with Gasteiger partial charge in [-0.3, -0.25) is 4.98 Å². The quantitative estimate of drug-likeness (QED) is 0.799. The van der Waals surface area contributed by atoms with Gasteiger partial charge in [-0.2, -0.15) is 0 Å². The van der Waals surface area contributed by atoms with Crippen LogP contribution in [0, 0.1) is 17.2 Å². The zero-order chi connectivity index (χ0) is 14.5. The van der Waals surface area contributed by atoms with Crippen molar-refractivity contribution < 1.29 is 9.50 Å². The number of hydrogen-bond donors (Lipinski definition) is 2. The molecule has 1 rings (SSSR count). The van der Waals surface area contributed by atoms with Gasteiger partial charge in [-0.1, -0.05) is 27.7 Å². The van der Waals surface area contributed by atoms with Crippen LogP contribution in [0.3, 0.4) is 0 Å². The molecule has 0 saturated heterocycles. The predicted molar refractivity (Wildman–Crippen MR) is 75.3 cm³/mol. The number of aromatic nitrogens is 1. The molecule has 1 unspecified atom stereocenters. The van der Waals surface area contributed by atoms with Crippen molar-refractivity contribution in [2.75, 3.05) is 13.2 Å². The van der Waals surface area contributed by atoms with Gasteiger partial charge in [-0.25, -0.2) is 4.39 Å². The third-order valence-electron chi connectivity index (χ3n) is 3.32. The molecule has 0 radical (unpaired) electrons. The molecule has 1 atom stereocenters. The van der Waals surface area contributed by atoms with E-state index in [0.717, 1.165) is 18.7 Å². The minimum absolute atomic E-state index is 0.0297. The molecule has 1 aromatic rings. The van der Waals surface area contributed by atoms with Crippen molar-refractivity contribution in [3.05, 3.63) is 29.8 Å². The second kappa shape index (κ2) is 6.96. The zero-order valence-corrected chi connectivity index (χ0v) is 12.3. The first-order valence-corrected chi connectivity index (χ1v) is 6.81. The van der Waals surface area contributed by atoms with E-state index in [-0.39, 0.29) is 23.9 Å². The Kier molecular flexibility index (Phi) is 5.88. The van der Waals surface area contributed by atoms with Crippen LogP contribution in [-0.4, -0.2) is 23.2 Å². The van der Waals surface area contributed by atoms with Gasteiger partial charge in [0.1, 0.15) is 5.82 Å². The summed E-state index contributed by atoms with van der Waals surface area (Å²) in [5.74, 6) is 0.0507. The second-order valence-electron chi connectivity index (χ2n) is 6.14. The van der Waals surface area contributed by atoms with Gasteiger partial charge >= 0.3 is 0 Å². The van der Waals surface area contributed by atoms with Gasteiger partial charge in [0, 0.05) is 13.2 Å². The number of aliphatic hydroxyl groups is 1. The van der Waals surface area contributed by atoms with Crippen LogP contribution in [-0.2, 0) is 0 Å². The van der Waals surface area contributed by atoms with E-state index in [9.17, 15) is 4.39 Å². The first kappa shape index (κ1) is 16.1. The van der Waals surface area contributed by atoms with Crippen LogP contribution < -0.4 is 5.32 Å². The molecule has 2 N–H and O–H groups in total. The molecule has 108 valence electrons. The van der Waals surface area contributed by atoms with Crippen LogP contribution in [0.1, 0.15) is 45.9 Å². The first-order chi connectivity index (χ1) is 8.85. The van der Waals surface area contributed by atoms with Gasteiger partial charge < -0.3 is 10.4 Å². The Balaban J connectivity index is 2.71. The molecule has 0 fully saturated rings. The highest BCUT2D eigenvalue weighted by Crippen LogP contribution is 2.24. The van der Waals surface area contributed by atoms with E-state index >= 15 is 0 Å². The first-order valence-electron chi connectivity index (χ1n) is 6.81. The van der Waals surface area contributed by atoms with E-state index in [0.29, 0.717) is 5.92 Å². The molecule has 0 spiro atoms. The highest BCUT2D eigenvalue weighted by Gasteiger charge is 2.22. The normalized spacial score (nSPS) is 13.8. The third-order valence-corrected chi connectivity index (χ3v) is 3.32. The SMILES string of the molecule is CC(C)C(NCC(C)(C)CCO)c1ccc(F)cn1. The predicted octanol–water partition coefficient (Wildman–Crippen LogP) is 2.92. The van der Waals surface area contributed by atoms with E-state index in [1.807, 2.05) is 0 Å². The Morgan fingerprint density at radius 2 is 2.05 bits per heavy atom. The standard InChI is InChI=1S/C15H25FN2O/c1-11(2)14(13-6-5-12(16)9-17-13)18-10-15(3,4)7-8-19/h5-6,9,11,14,18-19H,7-8,10H2,1-4H3. The van der Waals surface area contributed by atoms with Crippen molar-refractivity contribution in [1.82, 2.24) is 10.3 Å². The molecule has 0 bridgehead atoms. The minimum Gasteiger partial charge on any atom is -0.396 e. The molecule has 19 heavy (non-hydrogen) atoms. The van der Waals surface area contributed by atoms with Gasteiger partial charge in [-0.05, 0) is 29.9 Å². The van der Waals surface area contributed by atoms with Gasteiger partial charge in [0.25, 0.3) is 0 Å². The topological polar surface area (TPSA) is 45.1 Å². The van der Waals surface area contributed by atoms with E-state index < -0.39 is 0 Å². The lowest BCUT2D eigenvalue weighted by atomic mass is 9.88. The van der Waals surface area contributed by atoms with E-state index in [1.54, 1.807) is 6.07 Å². The molecule has 0 aromatic carbocycles. The summed E-state index contributed by atoms with van der Waals surface area (Å²) in [6.07, 6.45) is 2.01. The molecule has 0 aliphatic carbocycles. The highest BCUT2D eigenvalue weighted by molar-refractivity contribution is 5.10. The zero-order valence-electron chi connectivity index (χ0n) is 12.3. The monoisotopic (exact) mass is 268 g/mol. The van der Waals surface area contributed by atoms with Gasteiger partial charge in [0.2, 0.25) is 0 Å². The summed E-state index contributed by atoms with van der Waals surface area (Å²) in [6, 6.07) is 3.27. The van der Waals surface area contributed by atoms with E-state index in [1.165, 1.54) is 12.3 Å². The Labute approximate surface area is 115 Å². The maximum absolute atomic E-state index is 12.9. The van der Waals surface area contributed by atoms with Crippen LogP contribution in [0.4, 0.5) is 4.39 Å². The molecular formula is C15H25FN2O. The molecule has 0 aliphatic rings. The summed E-state index contributed by atoms with van der Waals surface area (Å²) in [6.45, 7) is 9.44. The fourth-order valence-electron chi connectivity index (χ4n) is 2.03. The maximum atomic E-state index is 12.9. The molecular weight excluding hydrogens is 243 g/mol. The molecule has 4 heteroatoms. The van der Waals surface area contributed by atoms with Gasteiger partial charge in [-0.15, -0.1) is 0 Å². The summed E-state index contributed by atoms with van der Waals surface area (Å²) in [4.78, 5) is 4.16. The molecule has 0 saturated carbocycles. The lowest BCUT2D eigenvalue weighted by Crippen LogP contribution is -2.35. The second-order valence-corrected chi connectivity index (χ2v) is 6.14. The summed E-state index contributed by atoms with van der Waals surface area (Å²) in [5.41, 5.74) is 0.887. The Hall–Kier alpha value is -1.00. The number of nitrogens with zero attached hydrogens (tertiary/aromatic N) is 1. The summed E-state index contributed by atoms with van der Waals surface area (Å²) >= 11 is 0. The molecule has 1 aromatic heterocycles. The lowest BCUT2D eigenvalue weighted by Gasteiger charge is -2.29. The van der Waals surface area contributed by atoms with E-state index in [4.69, 9.17) is 5.11 Å². The highest BCUT2D eigenvalue weighted by atomic mass is 19.1. The molecule has 3 nitrogen and oxygen atoms in total. The smallest absolute Gasteiger partial charge is 0.141 e.